The zero-order valence-corrected chi connectivity index (χ0v) is 39.0. The molecule has 0 aromatic carbocycles. The molecule has 0 aliphatic rings. The van der Waals surface area contributed by atoms with Crippen LogP contribution in [-0.4, -0.2) is 50.3 Å². The van der Waals surface area contributed by atoms with E-state index >= 15 is 0 Å². The number of hydrogen-bond acceptors (Lipinski definition) is 9. The first-order valence-electron chi connectivity index (χ1n) is 22.4. The fourth-order valence-corrected chi connectivity index (χ4v) is 7.23. The number of nitrogens with one attached hydrogen (secondary N) is 1. The Balaban J connectivity index is 0. The summed E-state index contributed by atoms with van der Waals surface area (Å²) in [5.41, 5.74) is 0. The van der Waals surface area contributed by atoms with E-state index in [1.54, 1.807) is 0 Å². The Bertz CT molecular complexity index is 927. The third kappa shape index (κ3) is 44.5. The number of phosphoric ester groups is 1. The van der Waals surface area contributed by atoms with E-state index in [4.69, 9.17) is 18.5 Å². The number of rotatable bonds is 42. The summed E-state index contributed by atoms with van der Waals surface area (Å²) in [5, 5.41) is 2.44. The molecular weight excluding hydrogens is 728 g/mol. The summed E-state index contributed by atoms with van der Waals surface area (Å²) < 4.78 is 32.8. The van der Waals surface area contributed by atoms with Crippen LogP contribution < -0.4 is 39.8 Å². The Labute approximate surface area is 359 Å². The van der Waals surface area contributed by atoms with Gasteiger partial charge in [-0.2, -0.15) is 0 Å². The summed E-state index contributed by atoms with van der Waals surface area (Å²) in [7, 11) is -4.73. The SMILES string of the molecule is CCCCCCCCCCCCCCCCCC(=O)OCC(COP(=O)([O-])OCCNC(C)=O)OC(=O)CCCCCCCCCCCCCCCCC.[Na+]. The van der Waals surface area contributed by atoms with Gasteiger partial charge in [-0.05, 0) is 12.8 Å². The fourth-order valence-electron chi connectivity index (χ4n) is 6.50. The quantitative estimate of drug-likeness (QED) is 0.0278. The molecule has 0 bridgehead atoms. The van der Waals surface area contributed by atoms with Gasteiger partial charge in [-0.25, -0.2) is 0 Å². The van der Waals surface area contributed by atoms with Gasteiger partial charge in [0, 0.05) is 26.3 Å². The van der Waals surface area contributed by atoms with Crippen LogP contribution >= 0.6 is 7.82 Å². The van der Waals surface area contributed by atoms with Crippen molar-refractivity contribution in [2.24, 2.45) is 0 Å². The van der Waals surface area contributed by atoms with Gasteiger partial charge in [0.25, 0.3) is 7.82 Å². The van der Waals surface area contributed by atoms with E-state index in [0.717, 1.165) is 38.5 Å². The third-order valence-electron chi connectivity index (χ3n) is 9.84. The molecule has 1 N–H and O–H groups in total. The molecule has 0 radical (unpaired) electrons. The maximum atomic E-state index is 12.6. The van der Waals surface area contributed by atoms with E-state index in [-0.39, 0.29) is 68.1 Å². The van der Waals surface area contributed by atoms with Crippen LogP contribution in [0.15, 0.2) is 0 Å². The molecule has 0 rings (SSSR count). The predicted octanol–water partition coefficient (Wildman–Crippen LogP) is 8.61. The molecule has 12 heteroatoms. The van der Waals surface area contributed by atoms with Crippen LogP contribution in [0.4, 0.5) is 0 Å². The molecule has 0 aromatic rings. The first-order chi connectivity index (χ1) is 26.2. The Morgan fingerprint density at radius 2 is 0.873 bits per heavy atom. The zero-order valence-electron chi connectivity index (χ0n) is 36.2. The van der Waals surface area contributed by atoms with Crippen LogP contribution in [0.2, 0.25) is 0 Å². The summed E-state index contributed by atoms with van der Waals surface area (Å²) >= 11 is 0. The van der Waals surface area contributed by atoms with Crippen molar-refractivity contribution in [1.29, 1.82) is 0 Å². The molecule has 0 aromatic heterocycles. The number of ether oxygens (including phenoxy) is 2. The second-order valence-electron chi connectivity index (χ2n) is 15.3. The van der Waals surface area contributed by atoms with E-state index in [1.807, 2.05) is 0 Å². The minimum absolute atomic E-state index is 0. The van der Waals surface area contributed by atoms with Crippen molar-refractivity contribution in [3.8, 4) is 0 Å². The Morgan fingerprint density at radius 1 is 0.527 bits per heavy atom. The molecule has 0 saturated heterocycles. The van der Waals surface area contributed by atoms with Crippen LogP contribution in [0, 0.1) is 0 Å². The Hall–Kier alpha value is -0.480. The van der Waals surface area contributed by atoms with Gasteiger partial charge in [0.05, 0.1) is 13.2 Å². The average Bonchev–Trinajstić information content (AvgIpc) is 3.14. The normalized spacial score (nSPS) is 12.8. The molecule has 0 aliphatic heterocycles. The third-order valence-corrected chi connectivity index (χ3v) is 10.8. The fraction of sp³-hybridized carbons (Fsp3) is 0.930. The second-order valence-corrected chi connectivity index (χ2v) is 16.7. The smallest absolute Gasteiger partial charge is 0.756 e. The number of esters is 2. The number of phosphoric acid groups is 1. The summed E-state index contributed by atoms with van der Waals surface area (Å²) in [5.74, 6) is -1.21. The predicted molar refractivity (Wildman–Crippen MR) is 218 cm³/mol. The molecule has 1 amide bonds. The van der Waals surface area contributed by atoms with Crippen LogP contribution in [0.25, 0.3) is 0 Å². The number of amides is 1. The van der Waals surface area contributed by atoms with E-state index in [2.05, 4.69) is 19.2 Å². The summed E-state index contributed by atoms with van der Waals surface area (Å²) in [4.78, 5) is 48.3. The molecular formula is C43H83NNaO9P. The van der Waals surface area contributed by atoms with E-state index in [0.29, 0.717) is 6.42 Å². The van der Waals surface area contributed by atoms with E-state index in [9.17, 15) is 23.8 Å². The van der Waals surface area contributed by atoms with Crippen molar-refractivity contribution in [1.82, 2.24) is 5.32 Å². The minimum atomic E-state index is -4.73. The van der Waals surface area contributed by atoms with Gasteiger partial charge in [-0.3, -0.25) is 18.9 Å². The summed E-state index contributed by atoms with van der Waals surface area (Å²) in [6, 6.07) is 0. The van der Waals surface area contributed by atoms with Crippen molar-refractivity contribution < 1.29 is 71.9 Å². The van der Waals surface area contributed by atoms with Gasteiger partial charge >= 0.3 is 41.5 Å². The zero-order chi connectivity index (χ0) is 39.8. The maximum Gasteiger partial charge on any atom is 1.00 e. The monoisotopic (exact) mass is 812 g/mol. The van der Waals surface area contributed by atoms with Crippen molar-refractivity contribution in [3.63, 3.8) is 0 Å². The van der Waals surface area contributed by atoms with Crippen LogP contribution in [0.1, 0.15) is 226 Å². The maximum absolute atomic E-state index is 12.6. The van der Waals surface area contributed by atoms with Gasteiger partial charge in [0.15, 0.2) is 6.10 Å². The summed E-state index contributed by atoms with van der Waals surface area (Å²) in [6.07, 6.45) is 36.3. The van der Waals surface area contributed by atoms with Crippen molar-refractivity contribution >= 4 is 25.7 Å². The van der Waals surface area contributed by atoms with Crippen molar-refractivity contribution in [2.45, 2.75) is 232 Å². The molecule has 320 valence electrons. The van der Waals surface area contributed by atoms with Crippen molar-refractivity contribution in [2.75, 3.05) is 26.4 Å². The number of unbranched alkanes of at least 4 members (excludes halogenated alkanes) is 28. The Kier molecular flexibility index (Phi) is 44.4. The van der Waals surface area contributed by atoms with Crippen molar-refractivity contribution in [3.05, 3.63) is 0 Å². The van der Waals surface area contributed by atoms with Gasteiger partial charge in [0.2, 0.25) is 5.91 Å². The topological polar surface area (TPSA) is 140 Å². The summed E-state index contributed by atoms with van der Waals surface area (Å²) in [6.45, 7) is 4.70. The van der Waals surface area contributed by atoms with Gasteiger partial charge in [-0.15, -0.1) is 0 Å². The molecule has 0 saturated carbocycles. The molecule has 0 aliphatic carbocycles. The van der Waals surface area contributed by atoms with Gasteiger partial charge < -0.3 is 28.7 Å². The first-order valence-corrected chi connectivity index (χ1v) is 23.9. The van der Waals surface area contributed by atoms with E-state index < -0.39 is 32.5 Å². The molecule has 0 heterocycles. The van der Waals surface area contributed by atoms with Gasteiger partial charge in [-0.1, -0.05) is 194 Å². The van der Waals surface area contributed by atoms with Crippen LogP contribution in [0.3, 0.4) is 0 Å². The standard InChI is InChI=1S/C43H84NO9P.Na/c1-4-6-8-10-12-14-16-18-20-22-24-26-28-30-32-34-42(46)50-38-41(39-52-54(48,49)51-37-36-44-40(3)45)53-43(47)35-33-31-29-27-25-23-21-19-17-15-13-11-9-7-5-2;/h41H,4-39H2,1-3H3,(H,44,45)(H,48,49);/q;+1/p-1. The molecule has 55 heavy (non-hydrogen) atoms. The molecule has 2 unspecified atom stereocenters. The number of hydrogen-bond donors (Lipinski definition) is 1. The average molecular weight is 812 g/mol. The molecule has 0 spiro atoms. The van der Waals surface area contributed by atoms with Gasteiger partial charge in [0.1, 0.15) is 6.61 Å². The Morgan fingerprint density at radius 3 is 1.24 bits per heavy atom. The first kappa shape index (κ1) is 56.6. The second kappa shape index (κ2) is 43.1. The minimum Gasteiger partial charge on any atom is -0.756 e. The number of carbonyl (C=O) groups is 3. The van der Waals surface area contributed by atoms with Crippen LogP contribution in [0.5, 0.6) is 0 Å². The largest absolute Gasteiger partial charge is 1.00 e. The van der Waals surface area contributed by atoms with E-state index in [1.165, 1.54) is 155 Å². The molecule has 10 nitrogen and oxygen atoms in total. The molecule has 0 fully saturated rings. The molecule has 2 atom stereocenters. The number of carbonyl (C=O) groups excluding carboxylic acids is 3. The van der Waals surface area contributed by atoms with Crippen LogP contribution in [-0.2, 0) is 37.5 Å².